The van der Waals surface area contributed by atoms with Crippen LogP contribution < -0.4 is 5.32 Å². The Hall–Kier alpha value is -0.930. The van der Waals surface area contributed by atoms with E-state index in [2.05, 4.69) is 23.3 Å². The monoisotopic (exact) mass is 232 g/mol. The molecule has 1 aliphatic carbocycles. The Morgan fingerprint density at radius 1 is 1.35 bits per heavy atom. The first-order valence-electron chi connectivity index (χ1n) is 6.58. The summed E-state index contributed by atoms with van der Waals surface area (Å²) in [6, 6.07) is 2.74. The molecule has 0 bridgehead atoms. The fourth-order valence-corrected chi connectivity index (χ4v) is 2.68. The van der Waals surface area contributed by atoms with Crippen molar-refractivity contribution in [2.24, 2.45) is 5.92 Å². The molecule has 2 atom stereocenters. The molecule has 2 fully saturated rings. The van der Waals surface area contributed by atoms with Gasteiger partial charge in [-0.2, -0.15) is 0 Å². The second kappa shape index (κ2) is 4.75. The molecular weight excluding hydrogens is 212 g/mol. The Bertz CT molecular complexity index is 390. The van der Waals surface area contributed by atoms with Crippen LogP contribution in [0.4, 0.5) is 0 Å². The standard InChI is InChI=1S/C14H20N2O/c1-10-6-11(8-15-7-10)9-16-13-4-5-17-14(13)12-2-3-12/h6-8,12-14,16H,2-5,9H2,1H3. The minimum Gasteiger partial charge on any atom is -0.376 e. The van der Waals surface area contributed by atoms with Crippen molar-refractivity contribution in [2.45, 2.75) is 44.9 Å². The lowest BCUT2D eigenvalue weighted by Gasteiger charge is -2.19. The summed E-state index contributed by atoms with van der Waals surface area (Å²) in [5, 5.41) is 3.63. The van der Waals surface area contributed by atoms with Crippen molar-refractivity contribution >= 4 is 0 Å². The summed E-state index contributed by atoms with van der Waals surface area (Å²) in [5.41, 5.74) is 2.50. The number of nitrogens with one attached hydrogen (secondary N) is 1. The SMILES string of the molecule is Cc1cncc(CNC2CCOC2C2CC2)c1. The maximum absolute atomic E-state index is 5.82. The summed E-state index contributed by atoms with van der Waals surface area (Å²) >= 11 is 0. The van der Waals surface area contributed by atoms with Crippen molar-refractivity contribution < 1.29 is 4.74 Å². The van der Waals surface area contributed by atoms with Gasteiger partial charge in [0.2, 0.25) is 0 Å². The number of aryl methyl sites for hydroxylation is 1. The third-order valence-electron chi connectivity index (χ3n) is 3.72. The van der Waals surface area contributed by atoms with E-state index >= 15 is 0 Å². The zero-order chi connectivity index (χ0) is 11.7. The highest BCUT2D eigenvalue weighted by atomic mass is 16.5. The van der Waals surface area contributed by atoms with Crippen LogP contribution >= 0.6 is 0 Å². The average molecular weight is 232 g/mol. The Morgan fingerprint density at radius 3 is 3.00 bits per heavy atom. The van der Waals surface area contributed by atoms with E-state index in [1.807, 2.05) is 12.4 Å². The number of ether oxygens (including phenoxy) is 1. The first-order valence-corrected chi connectivity index (χ1v) is 6.58. The molecule has 17 heavy (non-hydrogen) atoms. The van der Waals surface area contributed by atoms with Crippen LogP contribution in [0.15, 0.2) is 18.5 Å². The normalized spacial score (nSPS) is 28.5. The van der Waals surface area contributed by atoms with Gasteiger partial charge in [-0.3, -0.25) is 4.98 Å². The van der Waals surface area contributed by atoms with E-state index in [-0.39, 0.29) is 0 Å². The lowest BCUT2D eigenvalue weighted by atomic mass is 10.1. The molecule has 3 nitrogen and oxygen atoms in total. The molecule has 1 saturated heterocycles. The van der Waals surface area contributed by atoms with E-state index in [1.54, 1.807) is 0 Å². The van der Waals surface area contributed by atoms with Crippen molar-refractivity contribution in [1.82, 2.24) is 10.3 Å². The molecule has 2 aliphatic rings. The molecule has 3 heteroatoms. The second-order valence-corrected chi connectivity index (χ2v) is 5.32. The minimum atomic E-state index is 0.466. The molecule has 1 saturated carbocycles. The van der Waals surface area contributed by atoms with Crippen molar-refractivity contribution in [1.29, 1.82) is 0 Å². The maximum atomic E-state index is 5.82. The zero-order valence-corrected chi connectivity index (χ0v) is 10.4. The van der Waals surface area contributed by atoms with Crippen LogP contribution in [0.2, 0.25) is 0 Å². The van der Waals surface area contributed by atoms with Crippen LogP contribution in [0.1, 0.15) is 30.4 Å². The van der Waals surface area contributed by atoms with Gasteiger partial charge in [-0.1, -0.05) is 6.07 Å². The van der Waals surface area contributed by atoms with E-state index in [0.29, 0.717) is 12.1 Å². The molecule has 1 aliphatic heterocycles. The van der Waals surface area contributed by atoms with Crippen molar-refractivity contribution in [3.63, 3.8) is 0 Å². The largest absolute Gasteiger partial charge is 0.376 e. The topological polar surface area (TPSA) is 34.2 Å². The first kappa shape index (κ1) is 11.2. The molecule has 3 rings (SSSR count). The predicted molar refractivity (Wildman–Crippen MR) is 66.7 cm³/mol. The maximum Gasteiger partial charge on any atom is 0.0757 e. The van der Waals surface area contributed by atoms with Crippen LogP contribution in [0.3, 0.4) is 0 Å². The second-order valence-electron chi connectivity index (χ2n) is 5.32. The molecule has 1 N–H and O–H groups in total. The molecule has 0 spiro atoms. The van der Waals surface area contributed by atoms with E-state index in [4.69, 9.17) is 4.74 Å². The third kappa shape index (κ3) is 2.67. The molecule has 2 unspecified atom stereocenters. The van der Waals surface area contributed by atoms with Gasteiger partial charge < -0.3 is 10.1 Å². The molecule has 0 radical (unpaired) electrons. The minimum absolute atomic E-state index is 0.466. The van der Waals surface area contributed by atoms with Crippen LogP contribution in [0.25, 0.3) is 0 Å². The van der Waals surface area contributed by atoms with Gasteiger partial charge in [-0.05, 0) is 43.2 Å². The van der Waals surface area contributed by atoms with Gasteiger partial charge in [0.15, 0.2) is 0 Å². The van der Waals surface area contributed by atoms with Gasteiger partial charge in [0.05, 0.1) is 6.10 Å². The number of hydrogen-bond acceptors (Lipinski definition) is 3. The summed E-state index contributed by atoms with van der Waals surface area (Å²) < 4.78 is 5.82. The molecule has 0 amide bonds. The lowest BCUT2D eigenvalue weighted by molar-refractivity contribution is 0.0809. The lowest BCUT2D eigenvalue weighted by Crippen LogP contribution is -2.37. The number of aromatic nitrogens is 1. The Kier molecular flexibility index (Phi) is 3.12. The Labute approximate surface area is 103 Å². The summed E-state index contributed by atoms with van der Waals surface area (Å²) in [6.45, 7) is 3.92. The quantitative estimate of drug-likeness (QED) is 0.862. The van der Waals surface area contributed by atoms with Crippen LogP contribution in [0.5, 0.6) is 0 Å². The highest BCUT2D eigenvalue weighted by Crippen LogP contribution is 2.38. The van der Waals surface area contributed by atoms with Crippen molar-refractivity contribution in [2.75, 3.05) is 6.61 Å². The molecule has 2 heterocycles. The van der Waals surface area contributed by atoms with Crippen LogP contribution in [-0.4, -0.2) is 23.7 Å². The summed E-state index contributed by atoms with van der Waals surface area (Å²) in [6.07, 6.45) is 8.18. The highest BCUT2D eigenvalue weighted by molar-refractivity contribution is 5.16. The van der Waals surface area contributed by atoms with E-state index < -0.39 is 0 Å². The molecule has 0 aromatic carbocycles. The smallest absolute Gasteiger partial charge is 0.0757 e. The van der Waals surface area contributed by atoms with Gasteiger partial charge >= 0.3 is 0 Å². The van der Waals surface area contributed by atoms with Crippen molar-refractivity contribution in [3.8, 4) is 0 Å². The third-order valence-corrected chi connectivity index (χ3v) is 3.72. The van der Waals surface area contributed by atoms with Crippen molar-refractivity contribution in [3.05, 3.63) is 29.6 Å². The van der Waals surface area contributed by atoms with Gasteiger partial charge in [-0.25, -0.2) is 0 Å². The van der Waals surface area contributed by atoms with E-state index in [0.717, 1.165) is 25.5 Å². The first-order chi connectivity index (χ1) is 8.33. The van der Waals surface area contributed by atoms with Crippen LogP contribution in [0, 0.1) is 12.8 Å². The Balaban J connectivity index is 1.56. The average Bonchev–Trinajstić information content (AvgIpc) is 3.06. The Morgan fingerprint density at radius 2 is 2.24 bits per heavy atom. The summed E-state index contributed by atoms with van der Waals surface area (Å²) in [5.74, 6) is 0.825. The highest BCUT2D eigenvalue weighted by Gasteiger charge is 2.40. The fourth-order valence-electron chi connectivity index (χ4n) is 2.68. The van der Waals surface area contributed by atoms with E-state index in [9.17, 15) is 0 Å². The van der Waals surface area contributed by atoms with Gasteiger partial charge in [0, 0.05) is 31.6 Å². The number of nitrogens with zero attached hydrogens (tertiary/aromatic N) is 1. The van der Waals surface area contributed by atoms with Gasteiger partial charge in [0.25, 0.3) is 0 Å². The molecule has 1 aromatic heterocycles. The van der Waals surface area contributed by atoms with Crippen LogP contribution in [-0.2, 0) is 11.3 Å². The fraction of sp³-hybridized carbons (Fsp3) is 0.643. The molecule has 92 valence electrons. The predicted octanol–water partition coefficient (Wildman–Crippen LogP) is 2.05. The molecule has 1 aromatic rings. The van der Waals surface area contributed by atoms with Gasteiger partial charge in [-0.15, -0.1) is 0 Å². The summed E-state index contributed by atoms with van der Waals surface area (Å²) in [7, 11) is 0. The molecular formula is C14H20N2O. The summed E-state index contributed by atoms with van der Waals surface area (Å²) in [4.78, 5) is 4.22. The number of pyridine rings is 1. The number of hydrogen-bond donors (Lipinski definition) is 1. The van der Waals surface area contributed by atoms with E-state index in [1.165, 1.54) is 24.0 Å². The zero-order valence-electron chi connectivity index (χ0n) is 10.4. The number of rotatable bonds is 4. The van der Waals surface area contributed by atoms with Gasteiger partial charge in [0.1, 0.15) is 0 Å².